The number of carbonyl (C=O) groups excluding carboxylic acids is 1. The minimum Gasteiger partial charge on any atom is -0.467 e. The number of thioether (sulfide) groups is 1. The van der Waals surface area contributed by atoms with Crippen LogP contribution in [0.1, 0.15) is 27.2 Å². The normalized spacial score (nSPS) is 31.5. The number of benzene rings is 1. The van der Waals surface area contributed by atoms with Crippen molar-refractivity contribution in [3.8, 4) is 0 Å². The molecule has 0 heterocycles. The van der Waals surface area contributed by atoms with Crippen LogP contribution in [-0.2, 0) is 14.0 Å². The first-order valence-corrected chi connectivity index (χ1v) is 13.2. The standard InChI is InChI=1S/C20H32O6SSi/c1-19(2,3)28(5,6)26-14-12-20(24,18(23)25-4)17(16(22)15(14)21)27-13-10-8-7-9-11-13/h7-11,14-17,21-22,24H,12H2,1-6H3/t14-,15+,16+,17-,20-/m1/s1. The summed E-state index contributed by atoms with van der Waals surface area (Å²) in [6.07, 6.45) is -3.60. The average Bonchev–Trinajstić information content (AvgIpc) is 2.62. The van der Waals surface area contributed by atoms with Gasteiger partial charge in [-0.2, -0.15) is 0 Å². The maximum absolute atomic E-state index is 12.5. The van der Waals surface area contributed by atoms with Gasteiger partial charge in [0.05, 0.1) is 24.6 Å². The van der Waals surface area contributed by atoms with E-state index in [0.29, 0.717) is 0 Å². The summed E-state index contributed by atoms with van der Waals surface area (Å²) in [5.41, 5.74) is -1.99. The molecule has 0 radical (unpaired) electrons. The van der Waals surface area contributed by atoms with Gasteiger partial charge in [0.1, 0.15) is 6.10 Å². The summed E-state index contributed by atoms with van der Waals surface area (Å²) in [4.78, 5) is 13.3. The van der Waals surface area contributed by atoms with E-state index in [-0.39, 0.29) is 11.5 Å². The van der Waals surface area contributed by atoms with Crippen molar-refractivity contribution in [1.82, 2.24) is 0 Å². The SMILES string of the molecule is COC(=O)[C@@]1(O)C[C@@H](O[Si](C)(C)C(C)(C)C)[C@H](O)[C@H](O)[C@H]1Sc1ccccc1. The first-order valence-electron chi connectivity index (χ1n) is 9.40. The van der Waals surface area contributed by atoms with E-state index < -0.39 is 43.4 Å². The zero-order chi connectivity index (χ0) is 21.3. The summed E-state index contributed by atoms with van der Waals surface area (Å²) in [5, 5.41) is 31.8. The molecular weight excluding hydrogens is 396 g/mol. The van der Waals surface area contributed by atoms with Crippen molar-refractivity contribution >= 4 is 26.0 Å². The molecule has 5 atom stereocenters. The molecule has 1 aliphatic carbocycles. The summed E-state index contributed by atoms with van der Waals surface area (Å²) >= 11 is 1.15. The molecule has 6 nitrogen and oxygen atoms in total. The molecule has 0 saturated heterocycles. The molecule has 1 saturated carbocycles. The summed E-state index contributed by atoms with van der Waals surface area (Å²) in [6.45, 7) is 10.2. The maximum Gasteiger partial charge on any atom is 0.339 e. The lowest BCUT2D eigenvalue weighted by atomic mass is 9.79. The van der Waals surface area contributed by atoms with Gasteiger partial charge in [-0.3, -0.25) is 0 Å². The van der Waals surface area contributed by atoms with Crippen LogP contribution in [0.3, 0.4) is 0 Å². The number of esters is 1. The van der Waals surface area contributed by atoms with Gasteiger partial charge in [0, 0.05) is 11.3 Å². The second-order valence-corrected chi connectivity index (χ2v) is 14.8. The number of rotatable bonds is 5. The Balaban J connectivity index is 2.36. The zero-order valence-electron chi connectivity index (χ0n) is 17.4. The van der Waals surface area contributed by atoms with Crippen molar-refractivity contribution in [2.75, 3.05) is 7.11 Å². The summed E-state index contributed by atoms with van der Waals surface area (Å²) in [5.74, 6) is -0.837. The van der Waals surface area contributed by atoms with Crippen molar-refractivity contribution in [3.05, 3.63) is 30.3 Å². The molecular formula is C20H32O6SSi. The molecule has 1 aromatic carbocycles. The smallest absolute Gasteiger partial charge is 0.339 e. The number of aliphatic hydroxyl groups excluding tert-OH is 2. The van der Waals surface area contributed by atoms with Gasteiger partial charge in [-0.15, -0.1) is 11.8 Å². The first-order chi connectivity index (χ1) is 12.8. The molecule has 1 aromatic rings. The third-order valence-electron chi connectivity index (χ3n) is 5.82. The van der Waals surface area contributed by atoms with Gasteiger partial charge in [-0.25, -0.2) is 4.79 Å². The molecule has 0 amide bonds. The molecule has 0 aliphatic heterocycles. The first kappa shape index (κ1) is 23.4. The summed E-state index contributed by atoms with van der Waals surface area (Å²) in [7, 11) is -1.11. The molecule has 0 unspecified atom stereocenters. The van der Waals surface area contributed by atoms with E-state index in [9.17, 15) is 20.1 Å². The fourth-order valence-electron chi connectivity index (χ4n) is 3.08. The van der Waals surface area contributed by atoms with Crippen LogP contribution in [-0.4, -0.2) is 65.9 Å². The second-order valence-electron chi connectivity index (χ2n) is 8.87. The van der Waals surface area contributed by atoms with Gasteiger partial charge in [-0.05, 0) is 30.3 Å². The minimum absolute atomic E-state index is 0.128. The lowest BCUT2D eigenvalue weighted by Crippen LogP contribution is -2.66. The van der Waals surface area contributed by atoms with Crippen LogP contribution >= 0.6 is 11.8 Å². The summed E-state index contributed by atoms with van der Waals surface area (Å²) in [6, 6.07) is 9.15. The molecule has 2 rings (SSSR count). The van der Waals surface area contributed by atoms with Crippen LogP contribution < -0.4 is 0 Å². The van der Waals surface area contributed by atoms with Crippen LogP contribution in [0, 0.1) is 0 Å². The Morgan fingerprint density at radius 1 is 1.18 bits per heavy atom. The van der Waals surface area contributed by atoms with Crippen molar-refractivity contribution < 1.29 is 29.3 Å². The Labute approximate surface area is 172 Å². The highest BCUT2D eigenvalue weighted by atomic mass is 32.2. The zero-order valence-corrected chi connectivity index (χ0v) is 19.2. The van der Waals surface area contributed by atoms with Crippen LogP contribution in [0.15, 0.2) is 35.2 Å². The Kier molecular flexibility index (Phi) is 7.06. The van der Waals surface area contributed by atoms with Gasteiger partial charge in [0.25, 0.3) is 0 Å². The number of ether oxygens (including phenoxy) is 1. The number of aliphatic hydroxyl groups is 3. The van der Waals surface area contributed by atoms with Crippen LogP contribution in [0.4, 0.5) is 0 Å². The molecule has 1 fully saturated rings. The fraction of sp³-hybridized carbons (Fsp3) is 0.650. The summed E-state index contributed by atoms with van der Waals surface area (Å²) < 4.78 is 11.1. The van der Waals surface area contributed by atoms with Crippen molar-refractivity contribution in [3.63, 3.8) is 0 Å². The van der Waals surface area contributed by atoms with E-state index in [1.807, 2.05) is 43.4 Å². The van der Waals surface area contributed by atoms with E-state index in [4.69, 9.17) is 9.16 Å². The van der Waals surface area contributed by atoms with Gasteiger partial charge in [-0.1, -0.05) is 39.0 Å². The predicted molar refractivity (Wildman–Crippen MR) is 112 cm³/mol. The molecule has 28 heavy (non-hydrogen) atoms. The van der Waals surface area contributed by atoms with E-state index in [0.717, 1.165) is 16.7 Å². The third-order valence-corrected chi connectivity index (χ3v) is 11.8. The Morgan fingerprint density at radius 2 is 1.75 bits per heavy atom. The highest BCUT2D eigenvalue weighted by Gasteiger charge is 2.59. The molecule has 3 N–H and O–H groups in total. The van der Waals surface area contributed by atoms with Gasteiger partial charge < -0.3 is 24.5 Å². The molecule has 8 heteroatoms. The number of methoxy groups -OCH3 is 1. The Hall–Kier alpha value is -0.903. The molecule has 0 spiro atoms. The van der Waals surface area contributed by atoms with Crippen molar-refractivity contribution in [2.24, 2.45) is 0 Å². The van der Waals surface area contributed by atoms with Crippen molar-refractivity contribution in [1.29, 1.82) is 0 Å². The van der Waals surface area contributed by atoms with Crippen LogP contribution in [0.5, 0.6) is 0 Å². The van der Waals surface area contributed by atoms with E-state index in [2.05, 4.69) is 20.8 Å². The van der Waals surface area contributed by atoms with E-state index >= 15 is 0 Å². The predicted octanol–water partition coefficient (Wildman–Crippen LogP) is 2.57. The average molecular weight is 429 g/mol. The van der Waals surface area contributed by atoms with Crippen LogP contribution in [0.25, 0.3) is 0 Å². The topological polar surface area (TPSA) is 96.2 Å². The fourth-order valence-corrected chi connectivity index (χ4v) is 5.71. The second kappa shape index (κ2) is 8.45. The van der Waals surface area contributed by atoms with Gasteiger partial charge in [0.15, 0.2) is 13.9 Å². The van der Waals surface area contributed by atoms with E-state index in [1.165, 1.54) is 7.11 Å². The van der Waals surface area contributed by atoms with Gasteiger partial charge in [0.2, 0.25) is 0 Å². The highest BCUT2D eigenvalue weighted by molar-refractivity contribution is 8.00. The number of hydrogen-bond donors (Lipinski definition) is 3. The number of carbonyl (C=O) groups is 1. The van der Waals surface area contributed by atoms with Crippen molar-refractivity contribution in [2.45, 2.75) is 79.4 Å². The largest absolute Gasteiger partial charge is 0.467 e. The minimum atomic E-state index is -2.31. The molecule has 1 aliphatic rings. The third kappa shape index (κ3) is 4.63. The molecule has 0 aromatic heterocycles. The monoisotopic (exact) mass is 428 g/mol. The highest BCUT2D eigenvalue weighted by Crippen LogP contribution is 2.45. The molecule has 158 valence electrons. The van der Waals surface area contributed by atoms with Gasteiger partial charge >= 0.3 is 5.97 Å². The Morgan fingerprint density at radius 3 is 2.25 bits per heavy atom. The molecule has 0 bridgehead atoms. The lowest BCUT2D eigenvalue weighted by Gasteiger charge is -2.49. The quantitative estimate of drug-likeness (QED) is 0.490. The Bertz CT molecular complexity index is 677. The number of hydrogen-bond acceptors (Lipinski definition) is 7. The lowest BCUT2D eigenvalue weighted by molar-refractivity contribution is -0.185. The maximum atomic E-state index is 12.5. The van der Waals surface area contributed by atoms with Crippen LogP contribution in [0.2, 0.25) is 18.1 Å². The van der Waals surface area contributed by atoms with E-state index in [1.54, 1.807) is 0 Å².